The second-order valence-electron chi connectivity index (χ2n) is 5.80. The van der Waals surface area contributed by atoms with Crippen LogP contribution < -0.4 is 16.0 Å². The summed E-state index contributed by atoms with van der Waals surface area (Å²) in [5.41, 5.74) is 7.62. The second kappa shape index (κ2) is 6.36. The van der Waals surface area contributed by atoms with Crippen LogP contribution in [0.5, 0.6) is 0 Å². The number of carbonyl (C=O) groups is 2. The minimum Gasteiger partial charge on any atom is -0.341 e. The number of amides is 3. The number of nitrogens with one attached hydrogen (secondary N) is 1. The number of fused-ring (bicyclic) bond motifs is 1. The molecule has 0 spiro atoms. The highest BCUT2D eigenvalue weighted by atomic mass is 16.2. The van der Waals surface area contributed by atoms with Crippen molar-refractivity contribution in [2.75, 3.05) is 31.1 Å². The molecule has 22 heavy (non-hydrogen) atoms. The molecule has 0 unspecified atom stereocenters. The van der Waals surface area contributed by atoms with Crippen molar-refractivity contribution in [3.63, 3.8) is 0 Å². The zero-order valence-electron chi connectivity index (χ0n) is 12.6. The van der Waals surface area contributed by atoms with Crippen molar-refractivity contribution in [1.82, 2.24) is 10.2 Å². The number of piperidine rings is 1. The Morgan fingerprint density at radius 3 is 2.73 bits per heavy atom. The normalized spacial score (nSPS) is 19.4. The summed E-state index contributed by atoms with van der Waals surface area (Å²) in [7, 11) is 0. The third-order valence-corrected chi connectivity index (χ3v) is 4.50. The largest absolute Gasteiger partial charge is 0.341 e. The van der Waals surface area contributed by atoms with Crippen molar-refractivity contribution < 1.29 is 9.59 Å². The monoisotopic (exact) mass is 302 g/mol. The molecule has 2 heterocycles. The van der Waals surface area contributed by atoms with Crippen LogP contribution in [0.3, 0.4) is 0 Å². The lowest BCUT2D eigenvalue weighted by Crippen LogP contribution is -2.52. The average Bonchev–Trinajstić information content (AvgIpc) is 2.72. The molecule has 0 bridgehead atoms. The van der Waals surface area contributed by atoms with E-state index in [0.29, 0.717) is 19.6 Å². The van der Waals surface area contributed by atoms with Crippen LogP contribution in [0.4, 0.5) is 10.5 Å². The molecule has 0 atom stereocenters. The Balaban J connectivity index is 1.79. The van der Waals surface area contributed by atoms with Gasteiger partial charge in [-0.05, 0) is 30.9 Å². The smallest absolute Gasteiger partial charge is 0.322 e. The van der Waals surface area contributed by atoms with E-state index in [1.165, 1.54) is 5.56 Å². The fourth-order valence-electron chi connectivity index (χ4n) is 3.32. The lowest BCUT2D eigenvalue weighted by molar-refractivity contribution is -0.130. The van der Waals surface area contributed by atoms with Crippen LogP contribution in [0.2, 0.25) is 0 Å². The van der Waals surface area contributed by atoms with Crippen molar-refractivity contribution in [3.05, 3.63) is 29.8 Å². The number of anilines is 1. The molecule has 0 aromatic heterocycles. The van der Waals surface area contributed by atoms with E-state index in [-0.39, 0.29) is 24.5 Å². The van der Waals surface area contributed by atoms with Crippen LogP contribution in [-0.2, 0) is 11.2 Å². The Bertz CT molecular complexity index is 567. The number of likely N-dealkylation sites (tertiary alicyclic amines) is 1. The van der Waals surface area contributed by atoms with Crippen molar-refractivity contribution >= 4 is 17.6 Å². The predicted molar refractivity (Wildman–Crippen MR) is 84.7 cm³/mol. The molecule has 1 aromatic carbocycles. The fraction of sp³-hybridized carbons (Fsp3) is 0.500. The summed E-state index contributed by atoms with van der Waals surface area (Å²) < 4.78 is 0. The van der Waals surface area contributed by atoms with Crippen molar-refractivity contribution in [1.29, 1.82) is 0 Å². The van der Waals surface area contributed by atoms with Gasteiger partial charge >= 0.3 is 6.03 Å². The maximum atomic E-state index is 12.5. The molecule has 0 aliphatic carbocycles. The van der Waals surface area contributed by atoms with Gasteiger partial charge in [-0.2, -0.15) is 0 Å². The molecule has 1 fully saturated rings. The van der Waals surface area contributed by atoms with E-state index in [1.807, 2.05) is 23.1 Å². The Kier molecular flexibility index (Phi) is 4.29. The fourth-order valence-corrected chi connectivity index (χ4v) is 3.32. The number of hydrogen-bond donors (Lipinski definition) is 2. The molecule has 6 nitrogen and oxygen atoms in total. The molecule has 1 aromatic rings. The molecule has 2 aliphatic heterocycles. The molecule has 3 rings (SSSR count). The Morgan fingerprint density at radius 1 is 1.27 bits per heavy atom. The zero-order chi connectivity index (χ0) is 15.5. The summed E-state index contributed by atoms with van der Waals surface area (Å²) in [6, 6.07) is 8.16. The molecule has 2 aliphatic rings. The van der Waals surface area contributed by atoms with Gasteiger partial charge in [0.15, 0.2) is 0 Å². The summed E-state index contributed by atoms with van der Waals surface area (Å²) in [5, 5.41) is 2.97. The summed E-state index contributed by atoms with van der Waals surface area (Å²) in [5.74, 6) is -0.0147. The number of urea groups is 1. The predicted octanol–water partition coefficient (Wildman–Crippen LogP) is 0.708. The van der Waals surface area contributed by atoms with Gasteiger partial charge in [-0.25, -0.2) is 4.79 Å². The molecule has 3 N–H and O–H groups in total. The first-order valence-electron chi connectivity index (χ1n) is 7.83. The number of benzene rings is 1. The molecule has 6 heteroatoms. The summed E-state index contributed by atoms with van der Waals surface area (Å²) in [4.78, 5) is 27.8. The van der Waals surface area contributed by atoms with Crippen molar-refractivity contribution in [3.8, 4) is 0 Å². The highest BCUT2D eigenvalue weighted by Crippen LogP contribution is 2.28. The highest BCUT2D eigenvalue weighted by Gasteiger charge is 2.32. The van der Waals surface area contributed by atoms with E-state index < -0.39 is 0 Å². The number of para-hydroxylation sites is 1. The number of nitrogens with zero attached hydrogens (tertiary/aromatic N) is 2. The Hall–Kier alpha value is -2.08. The minimum absolute atomic E-state index is 0.0147. The molecular formula is C16H22N4O2. The van der Waals surface area contributed by atoms with Crippen LogP contribution in [0, 0.1) is 0 Å². The Labute approximate surface area is 130 Å². The molecule has 1 saturated heterocycles. The minimum atomic E-state index is -0.0337. The first kappa shape index (κ1) is 14.8. The highest BCUT2D eigenvalue weighted by molar-refractivity contribution is 5.94. The zero-order valence-corrected chi connectivity index (χ0v) is 12.6. The lowest BCUT2D eigenvalue weighted by Gasteiger charge is -2.38. The Morgan fingerprint density at radius 2 is 2.00 bits per heavy atom. The van der Waals surface area contributed by atoms with E-state index in [9.17, 15) is 9.59 Å². The third kappa shape index (κ3) is 2.78. The quantitative estimate of drug-likeness (QED) is 0.844. The van der Waals surface area contributed by atoms with E-state index in [1.54, 1.807) is 4.90 Å². The van der Waals surface area contributed by atoms with Gasteiger partial charge in [0.05, 0.1) is 6.54 Å². The lowest BCUT2D eigenvalue weighted by atomic mass is 10.0. The molecule has 3 amide bonds. The summed E-state index contributed by atoms with van der Waals surface area (Å²) >= 11 is 0. The molecule has 118 valence electrons. The number of rotatable bonds is 2. The van der Waals surface area contributed by atoms with E-state index in [4.69, 9.17) is 5.73 Å². The van der Waals surface area contributed by atoms with Crippen molar-refractivity contribution in [2.45, 2.75) is 25.3 Å². The second-order valence-corrected chi connectivity index (χ2v) is 5.80. The van der Waals surface area contributed by atoms with Gasteiger partial charge in [0.25, 0.3) is 0 Å². The maximum Gasteiger partial charge on any atom is 0.322 e. The summed E-state index contributed by atoms with van der Waals surface area (Å²) in [6.07, 6.45) is 2.42. The van der Waals surface area contributed by atoms with Gasteiger partial charge in [0.1, 0.15) is 0 Å². The van der Waals surface area contributed by atoms with Gasteiger partial charge in [-0.1, -0.05) is 18.2 Å². The van der Waals surface area contributed by atoms with Crippen LogP contribution >= 0.6 is 0 Å². The number of nitrogens with two attached hydrogens (primary N) is 1. The SMILES string of the molecule is NCC(=O)N1CCC(N2C(=O)NCCc3ccccc32)CC1. The van der Waals surface area contributed by atoms with Crippen LogP contribution in [0.1, 0.15) is 18.4 Å². The van der Waals surface area contributed by atoms with Gasteiger partial charge in [0, 0.05) is 31.4 Å². The topological polar surface area (TPSA) is 78.7 Å². The average molecular weight is 302 g/mol. The van der Waals surface area contributed by atoms with Gasteiger partial charge in [-0.15, -0.1) is 0 Å². The summed E-state index contributed by atoms with van der Waals surface area (Å²) in [6.45, 7) is 2.04. The van der Waals surface area contributed by atoms with Gasteiger partial charge < -0.3 is 16.0 Å². The van der Waals surface area contributed by atoms with Gasteiger partial charge in [-0.3, -0.25) is 9.69 Å². The number of carbonyl (C=O) groups excluding carboxylic acids is 2. The van der Waals surface area contributed by atoms with Crippen LogP contribution in [-0.4, -0.2) is 49.1 Å². The van der Waals surface area contributed by atoms with Gasteiger partial charge in [0.2, 0.25) is 5.91 Å². The third-order valence-electron chi connectivity index (χ3n) is 4.50. The first-order chi connectivity index (χ1) is 10.7. The maximum absolute atomic E-state index is 12.5. The van der Waals surface area contributed by atoms with E-state index >= 15 is 0 Å². The molecule has 0 saturated carbocycles. The standard InChI is InChI=1S/C16H22N4O2/c17-11-15(21)19-9-6-13(7-10-19)20-14-4-2-1-3-12(14)5-8-18-16(20)22/h1-4,13H,5-11,17H2,(H,18,22). The van der Waals surface area contributed by atoms with E-state index in [2.05, 4.69) is 11.4 Å². The van der Waals surface area contributed by atoms with Crippen LogP contribution in [0.25, 0.3) is 0 Å². The van der Waals surface area contributed by atoms with Crippen LogP contribution in [0.15, 0.2) is 24.3 Å². The van der Waals surface area contributed by atoms with Crippen molar-refractivity contribution in [2.24, 2.45) is 5.73 Å². The van der Waals surface area contributed by atoms with E-state index in [0.717, 1.165) is 24.9 Å². The molecular weight excluding hydrogens is 280 g/mol. The first-order valence-corrected chi connectivity index (χ1v) is 7.83. The number of hydrogen-bond acceptors (Lipinski definition) is 3. The molecule has 0 radical (unpaired) electrons.